The van der Waals surface area contributed by atoms with Crippen LogP contribution in [-0.2, 0) is 18.4 Å². The average molecular weight is 402 g/mol. The molecular weight excluding hydrogens is 374 g/mol. The van der Waals surface area contributed by atoms with Crippen LogP contribution in [-0.4, -0.2) is 37.9 Å². The fourth-order valence-corrected chi connectivity index (χ4v) is 4.09. The van der Waals surface area contributed by atoms with Crippen molar-refractivity contribution in [2.45, 2.75) is 62.5 Å². The number of carbonyl (C=O) groups is 2. The number of aromatic nitrogens is 3. The van der Waals surface area contributed by atoms with E-state index in [-0.39, 0.29) is 23.6 Å². The van der Waals surface area contributed by atoms with Crippen LogP contribution in [0.1, 0.15) is 54.4 Å². The molecule has 2 N–H and O–H groups in total. The highest BCUT2D eigenvalue weighted by Gasteiger charge is 2.23. The van der Waals surface area contributed by atoms with Gasteiger partial charge in [-0.05, 0) is 38.8 Å². The third kappa shape index (κ3) is 5.13. The SMILES string of the molecule is Cc1cccc(C(=O)NCc2nnc(SC(C)C(=O)NC3CCCC3)n2C)c1. The molecular formula is C20H27N5O2S. The number of carbonyl (C=O) groups excluding carboxylic acids is 2. The summed E-state index contributed by atoms with van der Waals surface area (Å²) in [5.74, 6) is 0.534. The van der Waals surface area contributed by atoms with Crippen molar-refractivity contribution in [3.05, 3.63) is 41.2 Å². The van der Waals surface area contributed by atoms with Crippen LogP contribution in [0.15, 0.2) is 29.4 Å². The summed E-state index contributed by atoms with van der Waals surface area (Å²) in [5, 5.41) is 14.7. The summed E-state index contributed by atoms with van der Waals surface area (Å²) in [6.45, 7) is 4.11. The predicted octanol–water partition coefficient (Wildman–Crippen LogP) is 2.59. The average Bonchev–Trinajstić information content (AvgIpc) is 3.30. The zero-order valence-corrected chi connectivity index (χ0v) is 17.4. The van der Waals surface area contributed by atoms with Gasteiger partial charge < -0.3 is 15.2 Å². The molecule has 1 aliphatic rings. The zero-order chi connectivity index (χ0) is 20.1. The van der Waals surface area contributed by atoms with E-state index in [0.29, 0.717) is 22.6 Å². The molecule has 1 heterocycles. The lowest BCUT2D eigenvalue weighted by Crippen LogP contribution is -2.37. The second-order valence-electron chi connectivity index (χ2n) is 7.26. The standard InChI is InChI=1S/C20H27N5O2S/c1-13-7-6-8-15(11-13)19(27)21-12-17-23-24-20(25(17)3)28-14(2)18(26)22-16-9-4-5-10-16/h6-8,11,14,16H,4-5,9-10,12H2,1-3H3,(H,21,27)(H,22,26). The molecule has 1 atom stereocenters. The van der Waals surface area contributed by atoms with E-state index in [1.54, 1.807) is 6.07 Å². The van der Waals surface area contributed by atoms with Crippen molar-refractivity contribution in [1.82, 2.24) is 25.4 Å². The molecule has 1 saturated carbocycles. The van der Waals surface area contributed by atoms with Crippen molar-refractivity contribution >= 4 is 23.6 Å². The Bertz CT molecular complexity index is 845. The van der Waals surface area contributed by atoms with E-state index in [1.165, 1.54) is 24.6 Å². The van der Waals surface area contributed by atoms with Crippen LogP contribution in [0.5, 0.6) is 0 Å². The van der Waals surface area contributed by atoms with Gasteiger partial charge >= 0.3 is 0 Å². The second kappa shape index (κ2) is 9.23. The first-order valence-electron chi connectivity index (χ1n) is 9.64. The van der Waals surface area contributed by atoms with Gasteiger partial charge in [0.15, 0.2) is 11.0 Å². The number of nitrogens with zero attached hydrogens (tertiary/aromatic N) is 3. The van der Waals surface area contributed by atoms with Crippen LogP contribution in [0.4, 0.5) is 0 Å². The van der Waals surface area contributed by atoms with Crippen LogP contribution < -0.4 is 10.6 Å². The molecule has 1 unspecified atom stereocenters. The minimum atomic E-state index is -0.252. The summed E-state index contributed by atoms with van der Waals surface area (Å²) in [6.07, 6.45) is 4.51. The van der Waals surface area contributed by atoms with Crippen molar-refractivity contribution < 1.29 is 9.59 Å². The molecule has 28 heavy (non-hydrogen) atoms. The van der Waals surface area contributed by atoms with E-state index in [9.17, 15) is 9.59 Å². The van der Waals surface area contributed by atoms with Crippen molar-refractivity contribution in [1.29, 1.82) is 0 Å². The Balaban J connectivity index is 1.54. The molecule has 2 amide bonds. The Morgan fingerprint density at radius 2 is 2.04 bits per heavy atom. The predicted molar refractivity (Wildman–Crippen MR) is 109 cm³/mol. The summed E-state index contributed by atoms with van der Waals surface area (Å²) in [5.41, 5.74) is 1.66. The summed E-state index contributed by atoms with van der Waals surface area (Å²) >= 11 is 1.38. The normalized spacial score (nSPS) is 15.4. The molecule has 3 rings (SSSR count). The highest BCUT2D eigenvalue weighted by Crippen LogP contribution is 2.23. The summed E-state index contributed by atoms with van der Waals surface area (Å²) in [6, 6.07) is 7.75. The molecule has 0 aliphatic heterocycles. The lowest BCUT2D eigenvalue weighted by Gasteiger charge is -2.16. The molecule has 1 aromatic heterocycles. The fourth-order valence-electron chi connectivity index (χ4n) is 3.25. The van der Waals surface area contributed by atoms with E-state index in [0.717, 1.165) is 18.4 Å². The fraction of sp³-hybridized carbons (Fsp3) is 0.500. The van der Waals surface area contributed by atoms with Crippen molar-refractivity contribution in [3.8, 4) is 0 Å². The van der Waals surface area contributed by atoms with Gasteiger partial charge in [0.2, 0.25) is 5.91 Å². The zero-order valence-electron chi connectivity index (χ0n) is 16.6. The number of aryl methyl sites for hydroxylation is 1. The van der Waals surface area contributed by atoms with Crippen LogP contribution in [0.3, 0.4) is 0 Å². The van der Waals surface area contributed by atoms with Gasteiger partial charge in [-0.25, -0.2) is 0 Å². The van der Waals surface area contributed by atoms with Gasteiger partial charge in [0.25, 0.3) is 5.91 Å². The monoisotopic (exact) mass is 401 g/mol. The van der Waals surface area contributed by atoms with Gasteiger partial charge in [-0.3, -0.25) is 9.59 Å². The summed E-state index contributed by atoms with van der Waals surface area (Å²) < 4.78 is 1.82. The van der Waals surface area contributed by atoms with E-state index < -0.39 is 0 Å². The second-order valence-corrected chi connectivity index (χ2v) is 8.57. The van der Waals surface area contributed by atoms with E-state index in [1.807, 2.05) is 43.7 Å². The first-order chi connectivity index (χ1) is 13.4. The van der Waals surface area contributed by atoms with Crippen molar-refractivity contribution in [2.75, 3.05) is 0 Å². The van der Waals surface area contributed by atoms with Gasteiger partial charge in [0.05, 0.1) is 11.8 Å². The topological polar surface area (TPSA) is 88.9 Å². The molecule has 0 radical (unpaired) electrons. The molecule has 0 bridgehead atoms. The van der Waals surface area contributed by atoms with Crippen LogP contribution in [0, 0.1) is 6.92 Å². The number of nitrogens with one attached hydrogen (secondary N) is 2. The maximum Gasteiger partial charge on any atom is 0.251 e. The number of rotatable bonds is 7. The highest BCUT2D eigenvalue weighted by atomic mass is 32.2. The number of hydrogen-bond acceptors (Lipinski definition) is 5. The molecule has 7 nitrogen and oxygen atoms in total. The van der Waals surface area contributed by atoms with E-state index in [2.05, 4.69) is 20.8 Å². The largest absolute Gasteiger partial charge is 0.352 e. The van der Waals surface area contributed by atoms with Gasteiger partial charge in [-0.15, -0.1) is 10.2 Å². The van der Waals surface area contributed by atoms with Crippen LogP contribution >= 0.6 is 11.8 Å². The third-order valence-corrected chi connectivity index (χ3v) is 6.10. The van der Waals surface area contributed by atoms with Gasteiger partial charge in [-0.1, -0.05) is 42.3 Å². The van der Waals surface area contributed by atoms with Gasteiger partial charge in [0, 0.05) is 18.7 Å². The van der Waals surface area contributed by atoms with Crippen molar-refractivity contribution in [2.24, 2.45) is 7.05 Å². The maximum absolute atomic E-state index is 12.4. The molecule has 1 aliphatic carbocycles. The van der Waals surface area contributed by atoms with Crippen molar-refractivity contribution in [3.63, 3.8) is 0 Å². The molecule has 1 fully saturated rings. The number of hydrogen-bond donors (Lipinski definition) is 2. The Labute approximate surface area is 169 Å². The first-order valence-corrected chi connectivity index (χ1v) is 10.5. The quantitative estimate of drug-likeness (QED) is 0.696. The molecule has 0 spiro atoms. The molecule has 8 heteroatoms. The Morgan fingerprint density at radius 3 is 2.75 bits per heavy atom. The number of benzene rings is 1. The lowest BCUT2D eigenvalue weighted by molar-refractivity contribution is -0.120. The minimum Gasteiger partial charge on any atom is -0.352 e. The van der Waals surface area contributed by atoms with Crippen LogP contribution in [0.25, 0.3) is 0 Å². The molecule has 1 aromatic carbocycles. The third-order valence-electron chi connectivity index (χ3n) is 4.97. The summed E-state index contributed by atoms with van der Waals surface area (Å²) in [4.78, 5) is 24.7. The number of thioether (sulfide) groups is 1. The first kappa shape index (κ1) is 20.4. The van der Waals surface area contributed by atoms with Crippen LogP contribution in [0.2, 0.25) is 0 Å². The van der Waals surface area contributed by atoms with Gasteiger partial charge in [-0.2, -0.15) is 0 Å². The Hall–Kier alpha value is -2.35. The molecule has 2 aromatic rings. The van der Waals surface area contributed by atoms with E-state index in [4.69, 9.17) is 0 Å². The Morgan fingerprint density at radius 1 is 1.29 bits per heavy atom. The maximum atomic E-state index is 12.4. The minimum absolute atomic E-state index is 0.0363. The lowest BCUT2D eigenvalue weighted by atomic mass is 10.1. The highest BCUT2D eigenvalue weighted by molar-refractivity contribution is 8.00. The summed E-state index contributed by atoms with van der Waals surface area (Å²) in [7, 11) is 1.85. The Kier molecular flexibility index (Phi) is 6.72. The molecule has 0 saturated heterocycles. The number of amides is 2. The molecule has 150 valence electrons. The van der Waals surface area contributed by atoms with Gasteiger partial charge in [0.1, 0.15) is 0 Å². The van der Waals surface area contributed by atoms with E-state index >= 15 is 0 Å². The smallest absolute Gasteiger partial charge is 0.251 e.